The average Bonchev–Trinajstić information content (AvgIpc) is 3.30. The first-order chi connectivity index (χ1) is 18.8. The second kappa shape index (κ2) is 12.4. The van der Waals surface area contributed by atoms with Gasteiger partial charge in [0.25, 0.3) is 0 Å². The summed E-state index contributed by atoms with van der Waals surface area (Å²) in [5.41, 5.74) is 0.0870. The standard InChI is InChI=1S/C27H38N4O7S2/c1-16(2)37-25(32)29-18-8-6-17(7-9-18)24-28-13-22(39-24)21-11-10-19(30-26(33)38-20-14-36-15-20)12-23(21)40(34,35)31-27(3,4)5/h10-13,16-18,20,31H,6-9,14-15H2,1-5H3,(H,29,32)(H,30,33)/t17-,18-. The third-order valence-electron chi connectivity index (χ3n) is 6.37. The summed E-state index contributed by atoms with van der Waals surface area (Å²) in [4.78, 5) is 29.6. The van der Waals surface area contributed by atoms with Crippen LogP contribution in [0.2, 0.25) is 0 Å². The summed E-state index contributed by atoms with van der Waals surface area (Å²) in [6.07, 6.45) is 3.50. The molecule has 0 unspecified atom stereocenters. The third-order valence-corrected chi connectivity index (χ3v) is 9.36. The lowest BCUT2D eigenvalue weighted by Crippen LogP contribution is -2.40. The zero-order valence-corrected chi connectivity index (χ0v) is 25.1. The number of aromatic nitrogens is 1. The summed E-state index contributed by atoms with van der Waals surface area (Å²) in [5, 5.41) is 6.48. The van der Waals surface area contributed by atoms with E-state index in [1.165, 1.54) is 17.4 Å². The van der Waals surface area contributed by atoms with Gasteiger partial charge in [-0.1, -0.05) is 6.07 Å². The molecule has 2 amide bonds. The molecule has 2 fully saturated rings. The topological polar surface area (TPSA) is 145 Å². The average molecular weight is 595 g/mol. The molecule has 1 aromatic heterocycles. The molecule has 3 N–H and O–H groups in total. The summed E-state index contributed by atoms with van der Waals surface area (Å²) in [6.45, 7) is 9.62. The van der Waals surface area contributed by atoms with Crippen molar-refractivity contribution in [3.63, 3.8) is 0 Å². The van der Waals surface area contributed by atoms with Crippen molar-refractivity contribution in [3.05, 3.63) is 29.4 Å². The molecule has 0 bridgehead atoms. The number of ether oxygens (including phenoxy) is 3. The molecule has 1 aromatic carbocycles. The number of amides is 2. The zero-order valence-electron chi connectivity index (χ0n) is 23.5. The second-order valence-electron chi connectivity index (χ2n) is 11.5. The van der Waals surface area contributed by atoms with E-state index in [0.717, 1.165) is 30.7 Å². The lowest BCUT2D eigenvalue weighted by atomic mass is 9.86. The highest BCUT2D eigenvalue weighted by Crippen LogP contribution is 2.40. The van der Waals surface area contributed by atoms with Crippen LogP contribution in [0.5, 0.6) is 0 Å². The van der Waals surface area contributed by atoms with Crippen LogP contribution in [0.1, 0.15) is 71.2 Å². The molecule has 40 heavy (non-hydrogen) atoms. The Morgan fingerprint density at radius 2 is 1.80 bits per heavy atom. The highest BCUT2D eigenvalue weighted by Gasteiger charge is 2.29. The van der Waals surface area contributed by atoms with Crippen LogP contribution < -0.4 is 15.4 Å². The van der Waals surface area contributed by atoms with Crippen LogP contribution in [0.4, 0.5) is 15.3 Å². The predicted molar refractivity (Wildman–Crippen MR) is 152 cm³/mol. The number of alkyl carbamates (subject to hydrolysis) is 1. The van der Waals surface area contributed by atoms with Gasteiger partial charge in [-0.15, -0.1) is 11.3 Å². The fraction of sp³-hybridized carbons (Fsp3) is 0.593. The van der Waals surface area contributed by atoms with Crippen LogP contribution in [0, 0.1) is 0 Å². The maximum atomic E-state index is 13.5. The van der Waals surface area contributed by atoms with E-state index in [-0.39, 0.29) is 29.1 Å². The normalized spacial score (nSPS) is 20.1. The first-order valence-corrected chi connectivity index (χ1v) is 15.8. The minimum absolute atomic E-state index is 0.0407. The molecule has 1 aliphatic heterocycles. The molecule has 11 nitrogen and oxygen atoms in total. The number of hydrogen-bond acceptors (Lipinski definition) is 9. The SMILES string of the molecule is CC(C)OC(=O)N[C@H]1CC[C@H](c2ncc(-c3ccc(NC(=O)OC4COC4)cc3S(=O)(=O)NC(C)(C)C)s2)CC1. The molecular weight excluding hydrogens is 556 g/mol. The van der Waals surface area contributed by atoms with Gasteiger partial charge in [-0.05, 0) is 72.4 Å². The molecule has 2 heterocycles. The maximum absolute atomic E-state index is 13.5. The van der Waals surface area contributed by atoms with Crippen LogP contribution in [-0.4, -0.2) is 62.6 Å². The summed E-state index contributed by atoms with van der Waals surface area (Å²) in [5.74, 6) is 0.219. The fourth-order valence-electron chi connectivity index (χ4n) is 4.57. The van der Waals surface area contributed by atoms with Crippen molar-refractivity contribution in [2.45, 2.75) is 94.9 Å². The Morgan fingerprint density at radius 1 is 1.10 bits per heavy atom. The maximum Gasteiger partial charge on any atom is 0.412 e. The van der Waals surface area contributed by atoms with E-state index in [1.807, 2.05) is 13.8 Å². The van der Waals surface area contributed by atoms with Crippen LogP contribution in [0.3, 0.4) is 0 Å². The van der Waals surface area contributed by atoms with Crippen LogP contribution >= 0.6 is 11.3 Å². The van der Waals surface area contributed by atoms with Crippen molar-refractivity contribution in [2.75, 3.05) is 18.5 Å². The Bertz CT molecular complexity index is 1310. The molecule has 1 saturated carbocycles. The molecule has 4 rings (SSSR count). The smallest absolute Gasteiger partial charge is 0.412 e. The lowest BCUT2D eigenvalue weighted by molar-refractivity contribution is -0.0951. The predicted octanol–water partition coefficient (Wildman–Crippen LogP) is 5.00. The number of sulfonamides is 1. The van der Waals surface area contributed by atoms with Gasteiger partial charge in [0.1, 0.15) is 0 Å². The summed E-state index contributed by atoms with van der Waals surface area (Å²) < 4.78 is 45.1. The number of hydrogen-bond donors (Lipinski definition) is 3. The molecule has 0 spiro atoms. The first-order valence-electron chi connectivity index (χ1n) is 13.5. The molecule has 1 saturated heterocycles. The van der Waals surface area contributed by atoms with Crippen molar-refractivity contribution in [3.8, 4) is 10.4 Å². The fourth-order valence-corrected chi connectivity index (χ4v) is 7.42. The summed E-state index contributed by atoms with van der Waals surface area (Å²) in [7, 11) is -3.95. The van der Waals surface area contributed by atoms with Gasteiger partial charge in [-0.2, -0.15) is 0 Å². The van der Waals surface area contributed by atoms with Gasteiger partial charge >= 0.3 is 12.2 Å². The Balaban J connectivity index is 1.51. The van der Waals surface area contributed by atoms with Crippen molar-refractivity contribution in [2.24, 2.45) is 0 Å². The Labute approximate surface area is 239 Å². The van der Waals surface area contributed by atoms with Gasteiger partial charge in [0, 0.05) is 34.9 Å². The van der Waals surface area contributed by atoms with Gasteiger partial charge in [0.2, 0.25) is 10.0 Å². The van der Waals surface area contributed by atoms with Gasteiger partial charge in [0.05, 0.1) is 34.1 Å². The molecule has 0 atom stereocenters. The number of nitrogens with zero attached hydrogens (tertiary/aromatic N) is 1. The largest absolute Gasteiger partial charge is 0.447 e. The second-order valence-corrected chi connectivity index (χ2v) is 14.2. The summed E-state index contributed by atoms with van der Waals surface area (Å²) in [6, 6.07) is 4.83. The molecule has 2 aromatic rings. The number of rotatable bonds is 8. The van der Waals surface area contributed by atoms with Crippen LogP contribution in [0.15, 0.2) is 29.3 Å². The number of carbonyl (C=O) groups excluding carboxylic acids is 2. The Morgan fingerprint density at radius 3 is 2.40 bits per heavy atom. The van der Waals surface area contributed by atoms with Crippen LogP contribution in [0.25, 0.3) is 10.4 Å². The zero-order chi connectivity index (χ0) is 29.1. The van der Waals surface area contributed by atoms with Crippen molar-refractivity contribution in [1.29, 1.82) is 0 Å². The number of thiazole rings is 1. The van der Waals surface area contributed by atoms with Gasteiger partial charge in [0.15, 0.2) is 6.10 Å². The number of nitrogens with one attached hydrogen (secondary N) is 3. The highest BCUT2D eigenvalue weighted by atomic mass is 32.2. The van der Waals surface area contributed by atoms with E-state index in [2.05, 4.69) is 20.3 Å². The lowest BCUT2D eigenvalue weighted by Gasteiger charge is -2.28. The van der Waals surface area contributed by atoms with Crippen molar-refractivity contribution < 1.29 is 32.2 Å². The van der Waals surface area contributed by atoms with E-state index in [1.54, 1.807) is 39.1 Å². The molecule has 1 aliphatic carbocycles. The number of anilines is 1. The quantitative estimate of drug-likeness (QED) is 0.387. The van der Waals surface area contributed by atoms with E-state index in [9.17, 15) is 18.0 Å². The molecule has 0 radical (unpaired) electrons. The Kier molecular flexibility index (Phi) is 9.38. The van der Waals surface area contributed by atoms with Gasteiger partial charge < -0.3 is 19.5 Å². The monoisotopic (exact) mass is 594 g/mol. The first kappa shape index (κ1) is 30.2. The highest BCUT2D eigenvalue weighted by molar-refractivity contribution is 7.89. The molecule has 2 aliphatic rings. The van der Waals surface area contributed by atoms with E-state index >= 15 is 0 Å². The number of carbonyl (C=O) groups is 2. The minimum atomic E-state index is -3.95. The molecule has 220 valence electrons. The van der Waals surface area contributed by atoms with E-state index < -0.39 is 27.7 Å². The van der Waals surface area contributed by atoms with E-state index in [4.69, 9.17) is 14.2 Å². The van der Waals surface area contributed by atoms with Gasteiger partial charge in [-0.3, -0.25) is 5.32 Å². The van der Waals surface area contributed by atoms with Gasteiger partial charge in [-0.25, -0.2) is 27.7 Å². The van der Waals surface area contributed by atoms with Crippen molar-refractivity contribution >= 4 is 39.2 Å². The third kappa shape index (κ3) is 8.15. The van der Waals surface area contributed by atoms with Crippen LogP contribution in [-0.2, 0) is 24.2 Å². The number of benzene rings is 1. The molecular formula is C27H38N4O7S2. The van der Waals surface area contributed by atoms with E-state index in [0.29, 0.717) is 29.3 Å². The minimum Gasteiger partial charge on any atom is -0.447 e. The van der Waals surface area contributed by atoms with Crippen molar-refractivity contribution in [1.82, 2.24) is 15.0 Å². The Hall–Kier alpha value is -2.74. The molecule has 13 heteroatoms. The summed E-state index contributed by atoms with van der Waals surface area (Å²) >= 11 is 1.46.